The standard InChI is InChI=1S/C16H20N2O3/c1-11-4-2-3-5-12(11)16(6-7-16)15(20)18-8-9-21-13(10-18)14(17)19/h2-5,13H,6-10H2,1H3,(H2,17,19). The molecule has 1 aliphatic carbocycles. The van der Waals surface area contributed by atoms with Crippen LogP contribution in [0.2, 0.25) is 0 Å². The molecule has 5 heteroatoms. The van der Waals surface area contributed by atoms with Gasteiger partial charge < -0.3 is 15.4 Å². The van der Waals surface area contributed by atoms with Gasteiger partial charge >= 0.3 is 0 Å². The first-order valence-corrected chi connectivity index (χ1v) is 7.31. The summed E-state index contributed by atoms with van der Waals surface area (Å²) in [5, 5.41) is 0. The van der Waals surface area contributed by atoms with Crippen LogP contribution in [0, 0.1) is 6.92 Å². The fourth-order valence-corrected chi connectivity index (χ4v) is 3.14. The van der Waals surface area contributed by atoms with Crippen LogP contribution in [0.15, 0.2) is 24.3 Å². The number of amides is 2. The Morgan fingerprint density at radius 2 is 2.05 bits per heavy atom. The van der Waals surface area contributed by atoms with Crippen molar-refractivity contribution >= 4 is 11.8 Å². The fourth-order valence-electron chi connectivity index (χ4n) is 3.14. The average molecular weight is 288 g/mol. The SMILES string of the molecule is Cc1ccccc1C1(C(=O)N2CCOC(C(N)=O)C2)CC1. The number of hydrogen-bond donors (Lipinski definition) is 1. The first-order valence-electron chi connectivity index (χ1n) is 7.31. The van der Waals surface area contributed by atoms with Gasteiger partial charge in [-0.3, -0.25) is 9.59 Å². The zero-order valence-electron chi connectivity index (χ0n) is 12.2. The van der Waals surface area contributed by atoms with Crippen LogP contribution >= 0.6 is 0 Å². The molecule has 2 N–H and O–H groups in total. The van der Waals surface area contributed by atoms with E-state index in [4.69, 9.17) is 10.5 Å². The molecule has 2 fully saturated rings. The van der Waals surface area contributed by atoms with Crippen LogP contribution in [0.25, 0.3) is 0 Å². The van der Waals surface area contributed by atoms with E-state index >= 15 is 0 Å². The van der Waals surface area contributed by atoms with Crippen molar-refractivity contribution in [2.24, 2.45) is 5.73 Å². The molecule has 1 aromatic carbocycles. The smallest absolute Gasteiger partial charge is 0.248 e. The number of ether oxygens (including phenoxy) is 1. The van der Waals surface area contributed by atoms with E-state index in [1.54, 1.807) is 4.90 Å². The van der Waals surface area contributed by atoms with E-state index in [0.717, 1.165) is 24.0 Å². The van der Waals surface area contributed by atoms with Crippen molar-refractivity contribution in [3.8, 4) is 0 Å². The molecule has 2 aliphatic rings. The number of rotatable bonds is 3. The molecule has 3 rings (SSSR count). The maximum absolute atomic E-state index is 12.9. The second kappa shape index (κ2) is 5.15. The lowest BCUT2D eigenvalue weighted by molar-refractivity contribution is -0.147. The fraction of sp³-hybridized carbons (Fsp3) is 0.500. The van der Waals surface area contributed by atoms with Gasteiger partial charge in [0, 0.05) is 6.54 Å². The lowest BCUT2D eigenvalue weighted by Crippen LogP contribution is -2.53. The molecule has 21 heavy (non-hydrogen) atoms. The van der Waals surface area contributed by atoms with Gasteiger partial charge in [-0.05, 0) is 30.9 Å². The zero-order chi connectivity index (χ0) is 15.0. The molecule has 1 unspecified atom stereocenters. The minimum atomic E-state index is -0.685. The topological polar surface area (TPSA) is 72.6 Å². The molecule has 112 valence electrons. The summed E-state index contributed by atoms with van der Waals surface area (Å²) in [4.78, 5) is 25.9. The van der Waals surface area contributed by atoms with Gasteiger partial charge in [0.25, 0.3) is 0 Å². The molecule has 1 aliphatic heterocycles. The van der Waals surface area contributed by atoms with Crippen molar-refractivity contribution in [3.63, 3.8) is 0 Å². The summed E-state index contributed by atoms with van der Waals surface area (Å²) in [7, 11) is 0. The maximum atomic E-state index is 12.9. The predicted octanol–water partition coefficient (Wildman–Crippen LogP) is 0.739. The van der Waals surface area contributed by atoms with Crippen LogP contribution in [0.4, 0.5) is 0 Å². The second-order valence-electron chi connectivity index (χ2n) is 5.91. The normalized spacial score (nSPS) is 23.7. The third kappa shape index (κ3) is 2.42. The van der Waals surface area contributed by atoms with Crippen LogP contribution in [-0.4, -0.2) is 42.5 Å². The number of carbonyl (C=O) groups excluding carboxylic acids is 2. The average Bonchev–Trinajstić information content (AvgIpc) is 3.28. The Morgan fingerprint density at radius 1 is 1.33 bits per heavy atom. The van der Waals surface area contributed by atoms with Gasteiger partial charge in [0.2, 0.25) is 11.8 Å². The van der Waals surface area contributed by atoms with Crippen molar-refractivity contribution in [1.82, 2.24) is 4.90 Å². The van der Waals surface area contributed by atoms with E-state index in [-0.39, 0.29) is 12.5 Å². The van der Waals surface area contributed by atoms with E-state index in [0.29, 0.717) is 13.2 Å². The molecular formula is C16H20N2O3. The van der Waals surface area contributed by atoms with Gasteiger partial charge in [0.05, 0.1) is 18.6 Å². The van der Waals surface area contributed by atoms with Gasteiger partial charge in [0.1, 0.15) is 0 Å². The molecule has 0 radical (unpaired) electrons. The highest BCUT2D eigenvalue weighted by Crippen LogP contribution is 2.50. The van der Waals surface area contributed by atoms with Crippen molar-refractivity contribution < 1.29 is 14.3 Å². The highest BCUT2D eigenvalue weighted by Gasteiger charge is 2.54. The van der Waals surface area contributed by atoms with Gasteiger partial charge in [-0.1, -0.05) is 24.3 Å². The molecule has 0 bridgehead atoms. The second-order valence-corrected chi connectivity index (χ2v) is 5.91. The van der Waals surface area contributed by atoms with Crippen LogP contribution in [0.1, 0.15) is 24.0 Å². The molecule has 0 spiro atoms. The van der Waals surface area contributed by atoms with E-state index in [2.05, 4.69) is 0 Å². The summed E-state index contributed by atoms with van der Waals surface area (Å²) in [6.07, 6.45) is 1.06. The largest absolute Gasteiger partial charge is 0.367 e. The Labute approximate surface area is 124 Å². The lowest BCUT2D eigenvalue weighted by Gasteiger charge is -2.34. The van der Waals surface area contributed by atoms with Gasteiger partial charge in [-0.25, -0.2) is 0 Å². The molecular weight excluding hydrogens is 268 g/mol. The molecule has 1 aromatic rings. The summed E-state index contributed by atoms with van der Waals surface area (Å²) in [5.74, 6) is -0.403. The van der Waals surface area contributed by atoms with Crippen LogP contribution < -0.4 is 5.73 Å². The van der Waals surface area contributed by atoms with Crippen LogP contribution in [0.3, 0.4) is 0 Å². The number of morpholine rings is 1. The highest BCUT2D eigenvalue weighted by molar-refractivity contribution is 5.92. The highest BCUT2D eigenvalue weighted by atomic mass is 16.5. The molecule has 2 amide bonds. The van der Waals surface area contributed by atoms with Crippen molar-refractivity contribution in [2.75, 3.05) is 19.7 Å². The monoisotopic (exact) mass is 288 g/mol. The first-order chi connectivity index (χ1) is 10.0. The number of nitrogens with zero attached hydrogens (tertiary/aromatic N) is 1. The third-order valence-corrected chi connectivity index (χ3v) is 4.49. The minimum Gasteiger partial charge on any atom is -0.367 e. The Hall–Kier alpha value is -1.88. The molecule has 1 atom stereocenters. The summed E-state index contributed by atoms with van der Waals surface area (Å²) >= 11 is 0. The van der Waals surface area contributed by atoms with Crippen molar-refractivity contribution in [3.05, 3.63) is 35.4 Å². The Bertz CT molecular complexity index is 581. The van der Waals surface area contributed by atoms with E-state index in [1.165, 1.54) is 0 Å². The van der Waals surface area contributed by atoms with Crippen molar-refractivity contribution in [1.29, 1.82) is 0 Å². The number of aryl methyl sites for hydroxylation is 1. The zero-order valence-corrected chi connectivity index (χ0v) is 12.2. The Kier molecular flexibility index (Phi) is 3.45. The Morgan fingerprint density at radius 3 is 2.67 bits per heavy atom. The number of primary amides is 1. The van der Waals surface area contributed by atoms with E-state index in [9.17, 15) is 9.59 Å². The molecule has 0 aromatic heterocycles. The first kappa shape index (κ1) is 14.1. The van der Waals surface area contributed by atoms with Crippen molar-refractivity contribution in [2.45, 2.75) is 31.3 Å². The number of carbonyl (C=O) groups is 2. The summed E-state index contributed by atoms with van der Waals surface area (Å²) in [5.41, 5.74) is 7.14. The molecule has 1 saturated heterocycles. The van der Waals surface area contributed by atoms with Gasteiger partial charge in [-0.2, -0.15) is 0 Å². The number of nitrogens with two attached hydrogens (primary N) is 1. The molecule has 1 saturated carbocycles. The van der Waals surface area contributed by atoms with Crippen LogP contribution in [-0.2, 0) is 19.7 Å². The summed E-state index contributed by atoms with van der Waals surface area (Å²) < 4.78 is 5.31. The van der Waals surface area contributed by atoms with E-state index < -0.39 is 17.4 Å². The van der Waals surface area contributed by atoms with Gasteiger partial charge in [-0.15, -0.1) is 0 Å². The quantitative estimate of drug-likeness (QED) is 0.891. The summed E-state index contributed by atoms with van der Waals surface area (Å²) in [6, 6.07) is 8.03. The van der Waals surface area contributed by atoms with E-state index in [1.807, 2.05) is 31.2 Å². The minimum absolute atomic E-state index is 0.103. The summed E-state index contributed by atoms with van der Waals surface area (Å²) in [6.45, 7) is 3.19. The van der Waals surface area contributed by atoms with Gasteiger partial charge in [0.15, 0.2) is 6.10 Å². The molecule has 5 nitrogen and oxygen atoms in total. The number of hydrogen-bond acceptors (Lipinski definition) is 3. The molecule has 1 heterocycles. The predicted molar refractivity (Wildman–Crippen MR) is 77.6 cm³/mol. The third-order valence-electron chi connectivity index (χ3n) is 4.49. The van der Waals surface area contributed by atoms with Crippen LogP contribution in [0.5, 0.6) is 0 Å². The lowest BCUT2D eigenvalue weighted by atomic mass is 9.90. The number of benzene rings is 1. The Balaban J connectivity index is 1.82. The maximum Gasteiger partial charge on any atom is 0.248 e.